The summed E-state index contributed by atoms with van der Waals surface area (Å²) < 4.78 is 2.27. The maximum atomic E-state index is 5.45. The van der Waals surface area contributed by atoms with Gasteiger partial charge in [0, 0.05) is 27.1 Å². The minimum atomic E-state index is -0.0947. The summed E-state index contributed by atoms with van der Waals surface area (Å²) in [5.41, 5.74) is 10.5. The summed E-state index contributed by atoms with van der Waals surface area (Å²) in [5.74, 6) is 0.683. The van der Waals surface area contributed by atoms with Gasteiger partial charge in [0.15, 0.2) is 0 Å². The molecule has 0 fully saturated rings. The number of hydrogen-bond donors (Lipinski definition) is 0. The van der Waals surface area contributed by atoms with Crippen molar-refractivity contribution in [1.82, 2.24) is 14.5 Å². The van der Waals surface area contributed by atoms with Crippen LogP contribution in [0, 0.1) is 0 Å². The van der Waals surface area contributed by atoms with E-state index in [1.807, 2.05) is 0 Å². The van der Waals surface area contributed by atoms with Gasteiger partial charge in [-0.3, -0.25) is 4.57 Å². The van der Waals surface area contributed by atoms with Gasteiger partial charge in [0.05, 0.1) is 22.2 Å². The Balaban J connectivity index is 1.29. The standard InChI is InChI=1S/C43H29N3/c1-43(2)35-17-9-7-15-31(35)32-21-19-29(24-36(32)43)41-33-16-8-10-18-37(33)44-42(45-41)46-38-22-20-26-11-5-6-14-30(26)40(38)34-23-27-12-3-4-13-28(27)25-39(34)46/h3-25H,1-2H3. The molecule has 0 aliphatic heterocycles. The van der Waals surface area contributed by atoms with Gasteiger partial charge in [0.2, 0.25) is 5.95 Å². The molecule has 0 bridgehead atoms. The van der Waals surface area contributed by atoms with Gasteiger partial charge in [-0.15, -0.1) is 0 Å². The summed E-state index contributed by atoms with van der Waals surface area (Å²) in [6.45, 7) is 4.66. The van der Waals surface area contributed by atoms with Crippen molar-refractivity contribution in [3.8, 4) is 28.3 Å². The Morgan fingerprint density at radius 2 is 1.20 bits per heavy atom. The number of nitrogens with zero attached hydrogens (tertiary/aromatic N) is 3. The normalized spacial score (nSPS) is 13.6. The van der Waals surface area contributed by atoms with Gasteiger partial charge < -0.3 is 0 Å². The fourth-order valence-electron chi connectivity index (χ4n) is 7.92. The first-order valence-corrected chi connectivity index (χ1v) is 15.9. The van der Waals surface area contributed by atoms with Crippen LogP contribution in [-0.2, 0) is 5.41 Å². The largest absolute Gasteiger partial charge is 0.278 e. The second kappa shape index (κ2) is 9.12. The first-order valence-electron chi connectivity index (χ1n) is 15.9. The zero-order valence-corrected chi connectivity index (χ0v) is 25.6. The Morgan fingerprint density at radius 3 is 2.07 bits per heavy atom. The van der Waals surface area contributed by atoms with E-state index in [1.165, 1.54) is 54.6 Å². The summed E-state index contributed by atoms with van der Waals surface area (Å²) in [4.78, 5) is 10.7. The van der Waals surface area contributed by atoms with Crippen LogP contribution in [0.25, 0.3) is 82.6 Å². The van der Waals surface area contributed by atoms with Crippen molar-refractivity contribution < 1.29 is 0 Å². The number of benzene rings is 7. The van der Waals surface area contributed by atoms with E-state index in [4.69, 9.17) is 9.97 Å². The van der Waals surface area contributed by atoms with Crippen LogP contribution in [0.4, 0.5) is 0 Å². The van der Waals surface area contributed by atoms with Crippen molar-refractivity contribution in [3.05, 3.63) is 151 Å². The lowest BCUT2D eigenvalue weighted by Gasteiger charge is -2.22. The summed E-state index contributed by atoms with van der Waals surface area (Å²) in [6, 6.07) is 50.4. The minimum absolute atomic E-state index is 0.0947. The molecule has 0 saturated carbocycles. The summed E-state index contributed by atoms with van der Waals surface area (Å²) >= 11 is 0. The van der Waals surface area contributed by atoms with Gasteiger partial charge in [-0.05, 0) is 74.1 Å². The molecule has 3 heteroatoms. The topological polar surface area (TPSA) is 30.7 Å². The predicted molar refractivity (Wildman–Crippen MR) is 192 cm³/mol. The van der Waals surface area contributed by atoms with E-state index < -0.39 is 0 Å². The molecule has 10 rings (SSSR count). The molecule has 0 radical (unpaired) electrons. The Bertz CT molecular complexity index is 2730. The highest BCUT2D eigenvalue weighted by atomic mass is 15.2. The maximum Gasteiger partial charge on any atom is 0.235 e. The molecular formula is C43H29N3. The maximum absolute atomic E-state index is 5.45. The number of aromatic nitrogens is 3. The van der Waals surface area contributed by atoms with E-state index >= 15 is 0 Å². The zero-order chi connectivity index (χ0) is 30.6. The Labute approximate surface area is 266 Å². The van der Waals surface area contributed by atoms with Crippen molar-refractivity contribution in [2.24, 2.45) is 0 Å². The monoisotopic (exact) mass is 587 g/mol. The third kappa shape index (κ3) is 3.43. The van der Waals surface area contributed by atoms with E-state index in [0.717, 1.165) is 33.2 Å². The Morgan fingerprint density at radius 1 is 0.500 bits per heavy atom. The lowest BCUT2D eigenvalue weighted by Crippen LogP contribution is -2.15. The van der Waals surface area contributed by atoms with Crippen LogP contribution in [0.15, 0.2) is 140 Å². The summed E-state index contributed by atoms with van der Waals surface area (Å²) in [6.07, 6.45) is 0. The number of fused-ring (bicyclic) bond motifs is 10. The van der Waals surface area contributed by atoms with Gasteiger partial charge in [-0.25, -0.2) is 9.97 Å². The highest BCUT2D eigenvalue weighted by Gasteiger charge is 2.35. The molecule has 216 valence electrons. The highest BCUT2D eigenvalue weighted by molar-refractivity contribution is 6.23. The van der Waals surface area contributed by atoms with Gasteiger partial charge in [-0.2, -0.15) is 0 Å². The quantitative estimate of drug-likeness (QED) is 0.201. The van der Waals surface area contributed by atoms with Gasteiger partial charge in [-0.1, -0.05) is 123 Å². The second-order valence-electron chi connectivity index (χ2n) is 13.1. The predicted octanol–water partition coefficient (Wildman–Crippen LogP) is 11.0. The molecule has 3 nitrogen and oxygen atoms in total. The van der Waals surface area contributed by atoms with Crippen molar-refractivity contribution in [2.45, 2.75) is 19.3 Å². The van der Waals surface area contributed by atoms with E-state index in [2.05, 4.69) is 158 Å². The van der Waals surface area contributed by atoms with Gasteiger partial charge in [0.1, 0.15) is 0 Å². The highest BCUT2D eigenvalue weighted by Crippen LogP contribution is 2.49. The van der Waals surface area contributed by atoms with Gasteiger partial charge in [0.25, 0.3) is 0 Å². The van der Waals surface area contributed by atoms with E-state index in [0.29, 0.717) is 5.95 Å². The average Bonchev–Trinajstić information content (AvgIpc) is 3.54. The van der Waals surface area contributed by atoms with Crippen LogP contribution in [-0.4, -0.2) is 14.5 Å². The van der Waals surface area contributed by atoms with Crippen LogP contribution in [0.2, 0.25) is 0 Å². The molecule has 1 aliphatic carbocycles. The van der Waals surface area contributed by atoms with Crippen molar-refractivity contribution >= 4 is 54.3 Å². The molecule has 1 aliphatic rings. The van der Waals surface area contributed by atoms with Crippen molar-refractivity contribution in [3.63, 3.8) is 0 Å². The molecule has 0 unspecified atom stereocenters. The van der Waals surface area contributed by atoms with Crippen LogP contribution in [0.3, 0.4) is 0 Å². The fourth-order valence-corrected chi connectivity index (χ4v) is 7.92. The zero-order valence-electron chi connectivity index (χ0n) is 25.6. The summed E-state index contributed by atoms with van der Waals surface area (Å²) in [5, 5.41) is 8.38. The van der Waals surface area contributed by atoms with Crippen LogP contribution < -0.4 is 0 Å². The van der Waals surface area contributed by atoms with Crippen molar-refractivity contribution in [1.29, 1.82) is 0 Å². The SMILES string of the molecule is CC1(C)c2ccccc2-c2ccc(-c3nc(-n4c5cc6ccccc6cc5c5c6ccccc6ccc54)nc4ccccc34)cc21. The second-order valence-corrected chi connectivity index (χ2v) is 13.1. The lowest BCUT2D eigenvalue weighted by atomic mass is 9.82. The number of para-hydroxylation sites is 1. The first kappa shape index (κ1) is 25.5. The van der Waals surface area contributed by atoms with Crippen LogP contribution in [0.1, 0.15) is 25.0 Å². The minimum Gasteiger partial charge on any atom is -0.278 e. The molecule has 9 aromatic rings. The molecule has 7 aromatic carbocycles. The molecule has 46 heavy (non-hydrogen) atoms. The first-order chi connectivity index (χ1) is 22.6. The average molecular weight is 588 g/mol. The third-order valence-corrected chi connectivity index (χ3v) is 10.2. The van der Waals surface area contributed by atoms with Crippen molar-refractivity contribution in [2.75, 3.05) is 0 Å². The fraction of sp³-hybridized carbons (Fsp3) is 0.0698. The van der Waals surface area contributed by atoms with E-state index in [-0.39, 0.29) is 5.41 Å². The Hall–Kier alpha value is -5.80. The Kier molecular flexibility index (Phi) is 5.06. The number of rotatable bonds is 2. The molecule has 0 spiro atoms. The summed E-state index contributed by atoms with van der Waals surface area (Å²) in [7, 11) is 0. The van der Waals surface area contributed by atoms with Gasteiger partial charge >= 0.3 is 0 Å². The van der Waals surface area contributed by atoms with E-state index in [1.54, 1.807) is 0 Å². The smallest absolute Gasteiger partial charge is 0.235 e. The molecule has 0 amide bonds. The van der Waals surface area contributed by atoms with E-state index in [9.17, 15) is 0 Å². The van der Waals surface area contributed by atoms with Crippen LogP contribution in [0.5, 0.6) is 0 Å². The van der Waals surface area contributed by atoms with Crippen LogP contribution >= 0.6 is 0 Å². The lowest BCUT2D eigenvalue weighted by molar-refractivity contribution is 0.660. The molecule has 0 N–H and O–H groups in total. The third-order valence-electron chi connectivity index (χ3n) is 10.2. The molecule has 0 atom stereocenters. The number of hydrogen-bond acceptors (Lipinski definition) is 2. The molecule has 2 heterocycles. The molecule has 2 aromatic heterocycles. The molecular weight excluding hydrogens is 558 g/mol. The molecule has 0 saturated heterocycles.